The number of azide groups is 1. The van der Waals surface area contributed by atoms with Gasteiger partial charge in [0.25, 0.3) is 0 Å². The first kappa shape index (κ1) is 13.0. The summed E-state index contributed by atoms with van der Waals surface area (Å²) >= 11 is 0. The molecule has 0 unspecified atom stereocenters. The molecule has 0 heterocycles. The van der Waals surface area contributed by atoms with E-state index in [1.165, 1.54) is 13.2 Å². The molecule has 0 saturated carbocycles. The van der Waals surface area contributed by atoms with Gasteiger partial charge in [-0.3, -0.25) is 0 Å². The molecule has 8 heteroatoms. The minimum absolute atomic E-state index is 0.116. The van der Waals surface area contributed by atoms with E-state index in [4.69, 9.17) is 10.3 Å². The number of ether oxygens (including phenoxy) is 2. The second kappa shape index (κ2) is 5.31. The molecule has 0 bridgehead atoms. The van der Waals surface area contributed by atoms with E-state index in [9.17, 15) is 13.2 Å². The third-order valence-corrected chi connectivity index (χ3v) is 1.79. The smallest absolute Gasteiger partial charge is 0.496 e. The van der Waals surface area contributed by atoms with E-state index < -0.39 is 6.36 Å². The zero-order chi connectivity index (χ0) is 12.9. The molecule has 0 radical (unpaired) electrons. The maximum Gasteiger partial charge on any atom is 0.573 e. The quantitative estimate of drug-likeness (QED) is 0.464. The normalized spacial score (nSPS) is 10.6. The number of rotatable bonds is 4. The van der Waals surface area contributed by atoms with E-state index in [-0.39, 0.29) is 12.3 Å². The van der Waals surface area contributed by atoms with E-state index in [2.05, 4.69) is 14.8 Å². The second-order valence-corrected chi connectivity index (χ2v) is 2.91. The predicted octanol–water partition coefficient (Wildman–Crippen LogP) is 3.40. The minimum Gasteiger partial charge on any atom is -0.496 e. The lowest BCUT2D eigenvalue weighted by molar-refractivity contribution is -0.274. The van der Waals surface area contributed by atoms with Crippen LogP contribution in [0.15, 0.2) is 23.3 Å². The fourth-order valence-electron chi connectivity index (χ4n) is 1.18. The molecule has 92 valence electrons. The summed E-state index contributed by atoms with van der Waals surface area (Å²) in [5.74, 6) is -0.0617. The Kier molecular flexibility index (Phi) is 4.06. The monoisotopic (exact) mass is 247 g/mol. The Morgan fingerprint density at radius 1 is 1.41 bits per heavy atom. The van der Waals surface area contributed by atoms with Gasteiger partial charge in [-0.15, -0.1) is 13.2 Å². The lowest BCUT2D eigenvalue weighted by Crippen LogP contribution is -2.17. The van der Waals surface area contributed by atoms with Crippen LogP contribution in [0.5, 0.6) is 11.5 Å². The SMILES string of the molecule is COc1ccc(OC(F)(F)F)cc1CN=[N+]=[N-]. The molecule has 1 aromatic rings. The van der Waals surface area contributed by atoms with E-state index in [1.807, 2.05) is 0 Å². The topological polar surface area (TPSA) is 67.2 Å². The van der Waals surface area contributed by atoms with Gasteiger partial charge in [-0.1, -0.05) is 5.11 Å². The van der Waals surface area contributed by atoms with Crippen molar-refractivity contribution in [2.45, 2.75) is 12.9 Å². The first-order valence-corrected chi connectivity index (χ1v) is 4.40. The Morgan fingerprint density at radius 2 is 2.12 bits per heavy atom. The number of halogens is 3. The Balaban J connectivity index is 2.99. The molecule has 0 fully saturated rings. The third-order valence-electron chi connectivity index (χ3n) is 1.79. The van der Waals surface area contributed by atoms with Crippen LogP contribution < -0.4 is 9.47 Å². The maximum atomic E-state index is 12.0. The van der Waals surface area contributed by atoms with Crippen LogP contribution >= 0.6 is 0 Å². The van der Waals surface area contributed by atoms with Crippen LogP contribution in [0.25, 0.3) is 10.4 Å². The van der Waals surface area contributed by atoms with Crippen molar-refractivity contribution in [1.82, 2.24) is 0 Å². The van der Waals surface area contributed by atoms with Gasteiger partial charge in [0.2, 0.25) is 0 Å². The molecular weight excluding hydrogens is 239 g/mol. The van der Waals surface area contributed by atoms with E-state index in [1.54, 1.807) is 0 Å². The molecule has 0 amide bonds. The lowest BCUT2D eigenvalue weighted by Gasteiger charge is -2.11. The largest absolute Gasteiger partial charge is 0.573 e. The summed E-state index contributed by atoms with van der Waals surface area (Å²) in [6.45, 7) is -0.116. The molecular formula is C9H8F3N3O2. The van der Waals surface area contributed by atoms with E-state index >= 15 is 0 Å². The number of hydrogen-bond acceptors (Lipinski definition) is 3. The molecule has 17 heavy (non-hydrogen) atoms. The highest BCUT2D eigenvalue weighted by molar-refractivity contribution is 5.40. The minimum atomic E-state index is -4.76. The van der Waals surface area contributed by atoms with Crippen molar-refractivity contribution in [2.24, 2.45) is 5.11 Å². The van der Waals surface area contributed by atoms with E-state index in [0.717, 1.165) is 12.1 Å². The maximum absolute atomic E-state index is 12.0. The van der Waals surface area contributed by atoms with Gasteiger partial charge in [0, 0.05) is 10.5 Å². The van der Waals surface area contributed by atoms with Crippen LogP contribution in [0.3, 0.4) is 0 Å². The van der Waals surface area contributed by atoms with Gasteiger partial charge in [0.05, 0.1) is 13.7 Å². The Bertz CT molecular complexity index is 442. The number of hydrogen-bond donors (Lipinski definition) is 0. The summed E-state index contributed by atoms with van der Waals surface area (Å²) in [6, 6.07) is 3.54. The molecule has 0 atom stereocenters. The predicted molar refractivity (Wildman–Crippen MR) is 52.5 cm³/mol. The summed E-state index contributed by atoms with van der Waals surface area (Å²) in [5, 5.41) is 3.25. The van der Waals surface area contributed by atoms with Gasteiger partial charge in [-0.2, -0.15) is 0 Å². The van der Waals surface area contributed by atoms with Crippen molar-refractivity contribution in [3.63, 3.8) is 0 Å². The van der Waals surface area contributed by atoms with Crippen LogP contribution in [0.1, 0.15) is 5.56 Å². The van der Waals surface area contributed by atoms with Gasteiger partial charge >= 0.3 is 6.36 Å². The first-order valence-electron chi connectivity index (χ1n) is 4.40. The van der Waals surface area contributed by atoms with Crippen molar-refractivity contribution in [2.75, 3.05) is 7.11 Å². The Morgan fingerprint density at radius 3 is 2.65 bits per heavy atom. The molecule has 0 N–H and O–H groups in total. The van der Waals surface area contributed by atoms with Crippen LogP contribution in [-0.4, -0.2) is 13.5 Å². The number of benzene rings is 1. The number of nitrogens with zero attached hydrogens (tertiary/aromatic N) is 3. The van der Waals surface area contributed by atoms with Crippen molar-refractivity contribution in [1.29, 1.82) is 0 Å². The molecule has 1 rings (SSSR count). The van der Waals surface area contributed by atoms with Crippen LogP contribution in [-0.2, 0) is 6.54 Å². The van der Waals surface area contributed by atoms with Crippen molar-refractivity contribution < 1.29 is 22.6 Å². The van der Waals surface area contributed by atoms with Gasteiger partial charge in [0.1, 0.15) is 11.5 Å². The highest BCUT2D eigenvalue weighted by Gasteiger charge is 2.31. The summed E-state index contributed by atoms with van der Waals surface area (Å²) in [5.41, 5.74) is 8.47. The average molecular weight is 247 g/mol. The van der Waals surface area contributed by atoms with Crippen molar-refractivity contribution >= 4 is 0 Å². The van der Waals surface area contributed by atoms with Crippen LogP contribution in [0.2, 0.25) is 0 Å². The fraction of sp³-hybridized carbons (Fsp3) is 0.333. The lowest BCUT2D eigenvalue weighted by atomic mass is 10.2. The highest BCUT2D eigenvalue weighted by atomic mass is 19.4. The fourth-order valence-corrected chi connectivity index (χ4v) is 1.18. The third kappa shape index (κ3) is 4.12. The summed E-state index contributed by atoms with van der Waals surface area (Å²) in [7, 11) is 1.36. The molecule has 1 aromatic carbocycles. The number of alkyl halides is 3. The summed E-state index contributed by atoms with van der Waals surface area (Å²) in [4.78, 5) is 2.52. The van der Waals surface area contributed by atoms with Crippen molar-refractivity contribution in [3.05, 3.63) is 34.2 Å². The standard InChI is InChI=1S/C9H8F3N3O2/c1-16-8-3-2-7(17-9(10,11)12)4-6(8)5-14-15-13/h2-4H,5H2,1H3. The molecule has 0 aliphatic heterocycles. The molecule has 5 nitrogen and oxygen atoms in total. The molecule has 0 aromatic heterocycles. The van der Waals surface area contributed by atoms with Gasteiger partial charge in [-0.25, -0.2) is 0 Å². The van der Waals surface area contributed by atoms with Gasteiger partial charge in [0.15, 0.2) is 0 Å². The molecule has 0 saturated heterocycles. The highest BCUT2D eigenvalue weighted by Crippen LogP contribution is 2.28. The van der Waals surface area contributed by atoms with Crippen LogP contribution in [0.4, 0.5) is 13.2 Å². The Labute approximate surface area is 94.4 Å². The zero-order valence-electron chi connectivity index (χ0n) is 8.73. The van der Waals surface area contributed by atoms with Gasteiger partial charge < -0.3 is 9.47 Å². The molecule has 0 aliphatic carbocycles. The summed E-state index contributed by atoms with van der Waals surface area (Å²) in [6.07, 6.45) is -4.76. The average Bonchev–Trinajstić information content (AvgIpc) is 2.24. The molecule has 0 aliphatic rings. The van der Waals surface area contributed by atoms with Crippen LogP contribution in [0, 0.1) is 0 Å². The van der Waals surface area contributed by atoms with Crippen molar-refractivity contribution in [3.8, 4) is 11.5 Å². The molecule has 0 spiro atoms. The Hall–Kier alpha value is -2.08. The first-order chi connectivity index (χ1) is 7.96. The summed E-state index contributed by atoms with van der Waals surface area (Å²) < 4.78 is 44.6. The van der Waals surface area contributed by atoms with E-state index in [0.29, 0.717) is 11.3 Å². The zero-order valence-corrected chi connectivity index (χ0v) is 8.73. The number of methoxy groups -OCH3 is 1. The second-order valence-electron chi connectivity index (χ2n) is 2.91. The van der Waals surface area contributed by atoms with Gasteiger partial charge in [-0.05, 0) is 23.7 Å².